The van der Waals surface area contributed by atoms with Crippen molar-refractivity contribution in [3.63, 3.8) is 0 Å². The summed E-state index contributed by atoms with van der Waals surface area (Å²) in [7, 11) is 1.79. The third-order valence-electron chi connectivity index (χ3n) is 2.95. The fourth-order valence-corrected chi connectivity index (χ4v) is 1.70. The van der Waals surface area contributed by atoms with Crippen molar-refractivity contribution in [3.05, 3.63) is 29.8 Å². The molecule has 0 fully saturated rings. The number of amides is 1. The maximum absolute atomic E-state index is 12.2. The van der Waals surface area contributed by atoms with E-state index in [-0.39, 0.29) is 5.91 Å². The summed E-state index contributed by atoms with van der Waals surface area (Å²) < 4.78 is 0. The number of halogens is 1. The first-order chi connectivity index (χ1) is 7.92. The van der Waals surface area contributed by atoms with E-state index in [2.05, 4.69) is 6.92 Å². The van der Waals surface area contributed by atoms with Crippen LogP contribution in [0.25, 0.3) is 0 Å². The van der Waals surface area contributed by atoms with Gasteiger partial charge in [0, 0.05) is 18.6 Å². The number of hydrogen-bond acceptors (Lipinski definition) is 1. The van der Waals surface area contributed by atoms with Crippen LogP contribution in [-0.2, 0) is 11.2 Å². The van der Waals surface area contributed by atoms with Gasteiger partial charge in [0.25, 0.3) is 0 Å². The fraction of sp³-hybridized carbons (Fsp3) is 0.500. The minimum Gasteiger partial charge on any atom is -0.315 e. The van der Waals surface area contributed by atoms with E-state index < -0.39 is 5.41 Å². The highest BCUT2D eigenvalue weighted by atomic mass is 35.5. The number of aryl methyl sites for hydroxylation is 1. The Labute approximate surface area is 109 Å². The molecule has 0 spiro atoms. The number of benzene rings is 1. The normalized spacial score (nSPS) is 11.4. The quantitative estimate of drug-likeness (QED) is 0.753. The molecule has 0 radical (unpaired) electrons. The van der Waals surface area contributed by atoms with Crippen molar-refractivity contribution in [1.29, 1.82) is 0 Å². The first-order valence-corrected chi connectivity index (χ1v) is 6.39. The molecule has 0 aliphatic carbocycles. The lowest BCUT2D eigenvalue weighted by Crippen LogP contribution is -2.39. The molecular weight excluding hydrogens is 234 g/mol. The standard InChI is InChI=1S/C14H20ClNO/c1-5-11-6-8-12(9-7-11)16(4)13(17)14(2,3)10-15/h6-9H,5,10H2,1-4H3. The lowest BCUT2D eigenvalue weighted by Gasteiger charge is -2.27. The van der Waals surface area contributed by atoms with Crippen LogP contribution < -0.4 is 4.90 Å². The van der Waals surface area contributed by atoms with Gasteiger partial charge in [-0.15, -0.1) is 11.6 Å². The average Bonchev–Trinajstić information content (AvgIpc) is 2.37. The minimum atomic E-state index is -0.528. The predicted octanol–water partition coefficient (Wildman–Crippen LogP) is 3.48. The Hall–Kier alpha value is -1.02. The Balaban J connectivity index is 2.88. The van der Waals surface area contributed by atoms with Gasteiger partial charge in [-0.25, -0.2) is 0 Å². The second kappa shape index (κ2) is 5.54. The topological polar surface area (TPSA) is 20.3 Å². The Bertz CT molecular complexity index is 384. The van der Waals surface area contributed by atoms with Crippen LogP contribution in [0.5, 0.6) is 0 Å². The number of hydrogen-bond donors (Lipinski definition) is 0. The third-order valence-corrected chi connectivity index (χ3v) is 3.62. The molecular formula is C14H20ClNO. The molecule has 0 heterocycles. The van der Waals surface area contributed by atoms with E-state index in [0.29, 0.717) is 5.88 Å². The molecule has 1 rings (SSSR count). The molecule has 17 heavy (non-hydrogen) atoms. The van der Waals surface area contributed by atoms with Crippen LogP contribution in [0.2, 0.25) is 0 Å². The molecule has 1 aromatic carbocycles. The molecule has 3 heteroatoms. The lowest BCUT2D eigenvalue weighted by molar-refractivity contribution is -0.125. The van der Waals surface area contributed by atoms with Crippen molar-refractivity contribution in [3.8, 4) is 0 Å². The van der Waals surface area contributed by atoms with E-state index in [1.54, 1.807) is 11.9 Å². The number of alkyl halides is 1. The van der Waals surface area contributed by atoms with Crippen LogP contribution in [-0.4, -0.2) is 18.8 Å². The molecule has 2 nitrogen and oxygen atoms in total. The molecule has 0 atom stereocenters. The van der Waals surface area contributed by atoms with Gasteiger partial charge < -0.3 is 4.90 Å². The third kappa shape index (κ3) is 3.22. The van der Waals surface area contributed by atoms with Crippen molar-refractivity contribution >= 4 is 23.2 Å². The SMILES string of the molecule is CCc1ccc(N(C)C(=O)C(C)(C)CCl)cc1. The molecule has 0 saturated heterocycles. The smallest absolute Gasteiger partial charge is 0.233 e. The molecule has 0 saturated carbocycles. The number of carbonyl (C=O) groups is 1. The summed E-state index contributed by atoms with van der Waals surface area (Å²) in [6, 6.07) is 8.04. The molecule has 1 amide bonds. The second-order valence-electron chi connectivity index (χ2n) is 4.90. The summed E-state index contributed by atoms with van der Waals surface area (Å²) in [5.74, 6) is 0.361. The first kappa shape index (κ1) is 14.0. The number of anilines is 1. The Morgan fingerprint density at radius 2 is 1.82 bits per heavy atom. The summed E-state index contributed by atoms with van der Waals surface area (Å²) in [6.45, 7) is 5.83. The van der Waals surface area contributed by atoms with Crippen LogP contribution >= 0.6 is 11.6 Å². The van der Waals surface area contributed by atoms with Crippen LogP contribution in [0.15, 0.2) is 24.3 Å². The largest absolute Gasteiger partial charge is 0.315 e. The molecule has 1 aromatic rings. The lowest BCUT2D eigenvalue weighted by atomic mass is 9.94. The molecule has 0 unspecified atom stereocenters. The maximum atomic E-state index is 12.2. The van der Waals surface area contributed by atoms with Gasteiger partial charge in [-0.05, 0) is 38.0 Å². The van der Waals surface area contributed by atoms with E-state index in [1.165, 1.54) is 5.56 Å². The summed E-state index contributed by atoms with van der Waals surface area (Å²) >= 11 is 5.82. The van der Waals surface area contributed by atoms with Crippen LogP contribution in [0.4, 0.5) is 5.69 Å². The summed E-state index contributed by atoms with van der Waals surface area (Å²) in [4.78, 5) is 13.9. The average molecular weight is 254 g/mol. The molecule has 0 N–H and O–H groups in total. The van der Waals surface area contributed by atoms with E-state index in [1.807, 2.05) is 38.1 Å². The van der Waals surface area contributed by atoms with Gasteiger partial charge in [-0.3, -0.25) is 4.79 Å². The Morgan fingerprint density at radius 1 is 1.29 bits per heavy atom. The molecule has 94 valence electrons. The molecule has 0 aromatic heterocycles. The van der Waals surface area contributed by atoms with Gasteiger partial charge in [-0.1, -0.05) is 19.1 Å². The Kier molecular flexibility index (Phi) is 4.58. The van der Waals surface area contributed by atoms with Crippen LogP contribution in [0.1, 0.15) is 26.3 Å². The van der Waals surface area contributed by atoms with Crippen LogP contribution in [0, 0.1) is 5.41 Å². The van der Waals surface area contributed by atoms with Crippen LogP contribution in [0.3, 0.4) is 0 Å². The molecule has 0 aliphatic rings. The number of nitrogens with zero attached hydrogens (tertiary/aromatic N) is 1. The number of carbonyl (C=O) groups excluding carboxylic acids is 1. The van der Waals surface area contributed by atoms with Gasteiger partial charge >= 0.3 is 0 Å². The zero-order valence-corrected chi connectivity index (χ0v) is 11.7. The van der Waals surface area contributed by atoms with Gasteiger partial charge in [0.05, 0.1) is 5.41 Å². The first-order valence-electron chi connectivity index (χ1n) is 5.85. The molecule has 0 aliphatic heterocycles. The summed E-state index contributed by atoms with van der Waals surface area (Å²) in [6.07, 6.45) is 1.01. The van der Waals surface area contributed by atoms with E-state index >= 15 is 0 Å². The van der Waals surface area contributed by atoms with Gasteiger partial charge in [0.2, 0.25) is 5.91 Å². The van der Waals surface area contributed by atoms with Crippen molar-refractivity contribution in [1.82, 2.24) is 0 Å². The van der Waals surface area contributed by atoms with Gasteiger partial charge in [0.1, 0.15) is 0 Å². The van der Waals surface area contributed by atoms with E-state index in [9.17, 15) is 4.79 Å². The number of rotatable bonds is 4. The van der Waals surface area contributed by atoms with E-state index in [0.717, 1.165) is 12.1 Å². The van der Waals surface area contributed by atoms with Crippen molar-refractivity contribution in [2.24, 2.45) is 5.41 Å². The highest BCUT2D eigenvalue weighted by molar-refractivity contribution is 6.20. The summed E-state index contributed by atoms with van der Waals surface area (Å²) in [5, 5.41) is 0. The molecule has 0 bridgehead atoms. The highest BCUT2D eigenvalue weighted by Gasteiger charge is 2.30. The minimum absolute atomic E-state index is 0.0387. The fourth-order valence-electron chi connectivity index (χ4n) is 1.58. The van der Waals surface area contributed by atoms with Gasteiger partial charge in [-0.2, -0.15) is 0 Å². The predicted molar refractivity (Wildman–Crippen MR) is 73.7 cm³/mol. The second-order valence-corrected chi connectivity index (χ2v) is 5.17. The zero-order valence-electron chi connectivity index (χ0n) is 11.0. The summed E-state index contributed by atoms with van der Waals surface area (Å²) in [5.41, 5.74) is 1.65. The van der Waals surface area contributed by atoms with Crippen molar-refractivity contribution in [2.45, 2.75) is 27.2 Å². The van der Waals surface area contributed by atoms with Crippen molar-refractivity contribution in [2.75, 3.05) is 17.8 Å². The van der Waals surface area contributed by atoms with Crippen molar-refractivity contribution < 1.29 is 4.79 Å². The van der Waals surface area contributed by atoms with E-state index in [4.69, 9.17) is 11.6 Å². The Morgan fingerprint density at radius 3 is 2.24 bits per heavy atom. The monoisotopic (exact) mass is 253 g/mol. The highest BCUT2D eigenvalue weighted by Crippen LogP contribution is 2.24. The maximum Gasteiger partial charge on any atom is 0.233 e. The van der Waals surface area contributed by atoms with Gasteiger partial charge in [0.15, 0.2) is 0 Å². The zero-order chi connectivity index (χ0) is 13.1.